The molecule has 0 aromatic carbocycles. The van der Waals surface area contributed by atoms with Crippen LogP contribution in [-0.2, 0) is 12.3 Å². The average Bonchev–Trinajstić information content (AvgIpc) is 2.92. The molecule has 0 aliphatic carbocycles. The Hall–Kier alpha value is -1.60. The summed E-state index contributed by atoms with van der Waals surface area (Å²) in [6.07, 6.45) is 7.74. The highest BCUT2D eigenvalue weighted by Crippen LogP contribution is 2.24. The first-order valence-corrected chi connectivity index (χ1v) is 9.04. The van der Waals surface area contributed by atoms with Crippen molar-refractivity contribution in [1.82, 2.24) is 21.4 Å². The first kappa shape index (κ1) is 22.4. The standard InChI is InChI=1S/C15H22N4O2S2.H3N/c1-5-12(2)14(8-16-6-7-19(20)21)22-10-13-11-23-15(17-13)9-18(3)4;/h1,6-7,11-12,14,16H,8-10H2,2-4H3;1H3. The van der Waals surface area contributed by atoms with E-state index in [0.717, 1.165) is 29.2 Å². The van der Waals surface area contributed by atoms with E-state index in [-0.39, 0.29) is 17.3 Å². The lowest BCUT2D eigenvalue weighted by Gasteiger charge is -2.19. The van der Waals surface area contributed by atoms with Crippen LogP contribution in [0.25, 0.3) is 0 Å². The van der Waals surface area contributed by atoms with Crippen molar-refractivity contribution < 1.29 is 4.92 Å². The quantitative estimate of drug-likeness (QED) is 0.370. The second kappa shape index (κ2) is 11.9. The van der Waals surface area contributed by atoms with E-state index in [9.17, 15) is 10.1 Å². The molecular weight excluding hydrogens is 346 g/mol. The zero-order valence-corrected chi connectivity index (χ0v) is 15.9. The Kier molecular flexibility index (Phi) is 11.1. The molecule has 0 aliphatic heterocycles. The van der Waals surface area contributed by atoms with E-state index in [1.54, 1.807) is 23.1 Å². The molecule has 9 heteroatoms. The molecular formula is C15H25N5O2S2. The molecule has 4 N–H and O–H groups in total. The zero-order chi connectivity index (χ0) is 17.2. The van der Waals surface area contributed by atoms with Gasteiger partial charge in [0.1, 0.15) is 5.01 Å². The zero-order valence-electron chi connectivity index (χ0n) is 14.3. The molecule has 0 radical (unpaired) electrons. The van der Waals surface area contributed by atoms with E-state index >= 15 is 0 Å². The fourth-order valence-electron chi connectivity index (χ4n) is 1.74. The molecule has 2 atom stereocenters. The summed E-state index contributed by atoms with van der Waals surface area (Å²) in [6, 6.07) is 0. The molecule has 7 nitrogen and oxygen atoms in total. The van der Waals surface area contributed by atoms with Crippen molar-refractivity contribution >= 4 is 23.1 Å². The summed E-state index contributed by atoms with van der Waals surface area (Å²) in [4.78, 5) is 16.5. The Balaban J connectivity index is 0.00000529. The molecule has 0 saturated heterocycles. The largest absolute Gasteiger partial charge is 0.385 e. The van der Waals surface area contributed by atoms with Gasteiger partial charge in [0.25, 0.3) is 0 Å². The van der Waals surface area contributed by atoms with Crippen LogP contribution in [0.1, 0.15) is 17.6 Å². The molecule has 24 heavy (non-hydrogen) atoms. The third-order valence-corrected chi connectivity index (χ3v) is 5.30. The Morgan fingerprint density at radius 1 is 1.62 bits per heavy atom. The summed E-state index contributed by atoms with van der Waals surface area (Å²) in [5.74, 6) is 3.58. The van der Waals surface area contributed by atoms with Gasteiger partial charge in [-0.05, 0) is 14.1 Å². The number of nitro groups is 1. The molecule has 1 aromatic rings. The normalized spacial score (nSPS) is 13.3. The molecule has 134 valence electrons. The number of rotatable bonds is 10. The van der Waals surface area contributed by atoms with Gasteiger partial charge < -0.3 is 16.4 Å². The minimum Gasteiger partial charge on any atom is -0.385 e. The Labute approximate surface area is 151 Å². The van der Waals surface area contributed by atoms with Crippen LogP contribution < -0.4 is 11.5 Å². The highest BCUT2D eigenvalue weighted by Gasteiger charge is 2.16. The minimum atomic E-state index is -0.499. The lowest BCUT2D eigenvalue weighted by molar-refractivity contribution is -0.402. The van der Waals surface area contributed by atoms with Crippen molar-refractivity contribution in [2.45, 2.75) is 24.5 Å². The van der Waals surface area contributed by atoms with Crippen LogP contribution in [0.5, 0.6) is 0 Å². The molecule has 0 spiro atoms. The maximum absolute atomic E-state index is 10.3. The van der Waals surface area contributed by atoms with E-state index in [1.807, 2.05) is 21.0 Å². The molecule has 0 bridgehead atoms. The number of hydrogen-bond acceptors (Lipinski definition) is 8. The van der Waals surface area contributed by atoms with Gasteiger partial charge >= 0.3 is 0 Å². The number of nitrogens with zero attached hydrogens (tertiary/aromatic N) is 3. The molecule has 0 fully saturated rings. The number of aromatic nitrogens is 1. The van der Waals surface area contributed by atoms with E-state index in [4.69, 9.17) is 6.42 Å². The number of thioether (sulfide) groups is 1. The summed E-state index contributed by atoms with van der Waals surface area (Å²) >= 11 is 3.38. The second-order valence-corrected chi connectivity index (χ2v) is 7.45. The van der Waals surface area contributed by atoms with Gasteiger partial charge in [0.15, 0.2) is 0 Å². The number of terminal acetylenes is 1. The maximum Gasteiger partial charge on any atom is 0.249 e. The fraction of sp³-hybridized carbons (Fsp3) is 0.533. The minimum absolute atomic E-state index is 0. The van der Waals surface area contributed by atoms with Crippen LogP contribution in [-0.4, -0.2) is 40.7 Å². The van der Waals surface area contributed by atoms with E-state index in [0.29, 0.717) is 6.54 Å². The fourth-order valence-corrected chi connectivity index (χ4v) is 3.87. The summed E-state index contributed by atoms with van der Waals surface area (Å²) in [6.45, 7) is 3.40. The topological polar surface area (TPSA) is 106 Å². The number of hydrogen-bond donors (Lipinski definition) is 2. The van der Waals surface area contributed by atoms with Gasteiger partial charge in [-0.2, -0.15) is 0 Å². The van der Waals surface area contributed by atoms with Crippen LogP contribution in [0.4, 0.5) is 0 Å². The predicted molar refractivity (Wildman–Crippen MR) is 102 cm³/mol. The van der Waals surface area contributed by atoms with Crippen LogP contribution in [0, 0.1) is 28.4 Å². The van der Waals surface area contributed by atoms with Gasteiger partial charge in [-0.25, -0.2) is 4.98 Å². The Morgan fingerprint density at radius 3 is 2.92 bits per heavy atom. The molecule has 0 saturated carbocycles. The van der Waals surface area contributed by atoms with Crippen LogP contribution in [0.15, 0.2) is 17.8 Å². The summed E-state index contributed by atoms with van der Waals surface area (Å²) in [7, 11) is 4.04. The lowest BCUT2D eigenvalue weighted by atomic mass is 10.1. The molecule has 0 amide bonds. The monoisotopic (exact) mass is 371 g/mol. The Bertz CT molecular complexity index is 568. The van der Waals surface area contributed by atoms with Gasteiger partial charge in [-0.3, -0.25) is 10.1 Å². The van der Waals surface area contributed by atoms with E-state index in [2.05, 4.69) is 26.5 Å². The molecule has 1 rings (SSSR count). The highest BCUT2D eigenvalue weighted by molar-refractivity contribution is 7.99. The number of thiazole rings is 1. The van der Waals surface area contributed by atoms with Crippen molar-refractivity contribution in [2.24, 2.45) is 5.92 Å². The lowest BCUT2D eigenvalue weighted by Crippen LogP contribution is -2.26. The molecule has 2 unspecified atom stereocenters. The van der Waals surface area contributed by atoms with Crippen molar-refractivity contribution in [3.63, 3.8) is 0 Å². The van der Waals surface area contributed by atoms with Crippen molar-refractivity contribution in [3.8, 4) is 12.3 Å². The first-order chi connectivity index (χ1) is 10.9. The first-order valence-electron chi connectivity index (χ1n) is 7.11. The van der Waals surface area contributed by atoms with Crippen LogP contribution >= 0.6 is 23.1 Å². The van der Waals surface area contributed by atoms with Gasteiger partial charge in [0, 0.05) is 35.4 Å². The van der Waals surface area contributed by atoms with Crippen LogP contribution in [0.3, 0.4) is 0 Å². The maximum atomic E-state index is 10.3. The summed E-state index contributed by atoms with van der Waals surface area (Å²) < 4.78 is 0. The SMILES string of the molecule is C#CC(C)C(CNC=C[N+](=O)[O-])SCc1csc(CN(C)C)n1.N. The highest BCUT2D eigenvalue weighted by atomic mass is 32.2. The smallest absolute Gasteiger partial charge is 0.249 e. The summed E-state index contributed by atoms with van der Waals surface area (Å²) in [5.41, 5.74) is 1.05. The van der Waals surface area contributed by atoms with Gasteiger partial charge in [0.2, 0.25) is 6.20 Å². The molecule has 1 aromatic heterocycles. The average molecular weight is 372 g/mol. The predicted octanol–water partition coefficient (Wildman–Crippen LogP) is 2.58. The van der Waals surface area contributed by atoms with Crippen molar-refractivity contribution in [3.05, 3.63) is 38.6 Å². The van der Waals surface area contributed by atoms with E-state index in [1.165, 1.54) is 6.20 Å². The second-order valence-electron chi connectivity index (χ2n) is 5.28. The Morgan fingerprint density at radius 2 is 2.33 bits per heavy atom. The van der Waals surface area contributed by atoms with Gasteiger partial charge in [0.05, 0.1) is 16.8 Å². The van der Waals surface area contributed by atoms with Crippen LogP contribution in [0.2, 0.25) is 0 Å². The van der Waals surface area contributed by atoms with Gasteiger partial charge in [-0.15, -0.1) is 35.4 Å². The molecule has 0 aliphatic rings. The third-order valence-electron chi connectivity index (χ3n) is 2.95. The third kappa shape index (κ3) is 8.88. The number of nitrogens with one attached hydrogen (secondary N) is 1. The van der Waals surface area contributed by atoms with Gasteiger partial charge in [-0.1, -0.05) is 6.92 Å². The van der Waals surface area contributed by atoms with E-state index < -0.39 is 4.92 Å². The molecule has 1 heterocycles. The van der Waals surface area contributed by atoms with Crippen molar-refractivity contribution in [2.75, 3.05) is 20.6 Å². The summed E-state index contributed by atoms with van der Waals surface area (Å²) in [5, 5.41) is 16.5. The van der Waals surface area contributed by atoms with Crippen molar-refractivity contribution in [1.29, 1.82) is 0 Å².